The van der Waals surface area contributed by atoms with Crippen LogP contribution in [0.25, 0.3) is 11.0 Å². The topological polar surface area (TPSA) is 137 Å². The lowest BCUT2D eigenvalue weighted by atomic mass is 9.99. The van der Waals surface area contributed by atoms with Gasteiger partial charge in [0, 0.05) is 6.07 Å². The largest absolute Gasteiger partial charge is 0.504 e. The van der Waals surface area contributed by atoms with E-state index in [1.807, 2.05) is 0 Å². The van der Waals surface area contributed by atoms with Crippen molar-refractivity contribution >= 4 is 16.9 Å². The molecular weight excluding hydrogens is 296 g/mol. The van der Waals surface area contributed by atoms with Crippen LogP contribution in [0.3, 0.4) is 0 Å². The number of carboxylic acids is 1. The molecule has 2 heterocycles. The lowest BCUT2D eigenvalue weighted by Gasteiger charge is -2.28. The number of aromatic hydroxyl groups is 2. The van der Waals surface area contributed by atoms with Crippen molar-refractivity contribution in [2.75, 3.05) is 0 Å². The van der Waals surface area contributed by atoms with Crippen LogP contribution in [-0.4, -0.2) is 32.2 Å². The number of carboxylic acid groups (broad SMARTS) is 1. The van der Waals surface area contributed by atoms with E-state index in [2.05, 4.69) is 0 Å². The molecule has 0 aliphatic carbocycles. The Balaban J connectivity index is 2.42. The van der Waals surface area contributed by atoms with Gasteiger partial charge in [-0.15, -0.1) is 0 Å². The summed E-state index contributed by atoms with van der Waals surface area (Å²) in [5, 5.41) is 38.0. The van der Waals surface area contributed by atoms with E-state index in [4.69, 9.17) is 9.15 Å². The van der Waals surface area contributed by atoms with Crippen LogP contribution < -0.4 is 5.43 Å². The number of aromatic carboxylic acids is 1. The number of ether oxygens (including phenoxy) is 1. The SMILES string of the molecule is C[C@@]1(O)Cc2oc3cc(O)c(O)c(C(=O)O)c3c(=O)c2CO1. The summed E-state index contributed by atoms with van der Waals surface area (Å²) in [6, 6.07) is 0.961. The summed E-state index contributed by atoms with van der Waals surface area (Å²) in [5.74, 6) is -4.56. The Morgan fingerprint density at radius 1 is 1.36 bits per heavy atom. The maximum atomic E-state index is 12.5. The molecule has 8 nitrogen and oxygen atoms in total. The second-order valence-corrected chi connectivity index (χ2v) is 5.27. The summed E-state index contributed by atoms with van der Waals surface area (Å²) in [4.78, 5) is 23.8. The highest BCUT2D eigenvalue weighted by Gasteiger charge is 2.33. The summed E-state index contributed by atoms with van der Waals surface area (Å²) in [6.07, 6.45) is -0.0996. The van der Waals surface area contributed by atoms with E-state index in [9.17, 15) is 30.0 Å². The van der Waals surface area contributed by atoms with E-state index in [1.165, 1.54) is 6.92 Å². The molecule has 1 atom stereocenters. The van der Waals surface area contributed by atoms with E-state index < -0.39 is 34.2 Å². The van der Waals surface area contributed by atoms with Crippen LogP contribution in [0.5, 0.6) is 11.5 Å². The van der Waals surface area contributed by atoms with Crippen molar-refractivity contribution < 1.29 is 34.4 Å². The fourth-order valence-corrected chi connectivity index (χ4v) is 2.49. The van der Waals surface area contributed by atoms with Gasteiger partial charge in [-0.05, 0) is 6.92 Å². The van der Waals surface area contributed by atoms with Crippen molar-refractivity contribution in [3.8, 4) is 11.5 Å². The first-order valence-corrected chi connectivity index (χ1v) is 6.34. The molecule has 2 aromatic rings. The van der Waals surface area contributed by atoms with Gasteiger partial charge in [-0.3, -0.25) is 4.79 Å². The monoisotopic (exact) mass is 308 g/mol. The molecule has 1 aliphatic heterocycles. The van der Waals surface area contributed by atoms with Gasteiger partial charge in [-0.2, -0.15) is 0 Å². The van der Waals surface area contributed by atoms with Crippen molar-refractivity contribution in [3.63, 3.8) is 0 Å². The van der Waals surface area contributed by atoms with Crippen molar-refractivity contribution in [3.05, 3.63) is 33.2 Å². The number of carbonyl (C=O) groups is 1. The quantitative estimate of drug-likeness (QED) is 0.564. The van der Waals surface area contributed by atoms with E-state index in [0.29, 0.717) is 0 Å². The summed E-state index contributed by atoms with van der Waals surface area (Å²) in [7, 11) is 0. The highest BCUT2D eigenvalue weighted by molar-refractivity contribution is 6.06. The zero-order chi connectivity index (χ0) is 16.2. The van der Waals surface area contributed by atoms with Crippen LogP contribution in [-0.2, 0) is 17.8 Å². The first kappa shape index (κ1) is 14.4. The fraction of sp³-hybridized carbons (Fsp3) is 0.286. The van der Waals surface area contributed by atoms with Gasteiger partial charge in [-0.25, -0.2) is 4.79 Å². The lowest BCUT2D eigenvalue weighted by molar-refractivity contribution is -0.207. The van der Waals surface area contributed by atoms with Crippen LogP contribution in [0.15, 0.2) is 15.3 Å². The molecular formula is C14H12O8. The van der Waals surface area contributed by atoms with Gasteiger partial charge in [-0.1, -0.05) is 0 Å². The molecule has 0 spiro atoms. The number of fused-ring (bicyclic) bond motifs is 2. The standard InChI is InChI=1S/C14H12O8/c1-14(20)3-8-5(4-21-14)11(16)9-7(22-8)2-6(15)12(17)10(9)13(18)19/h2,15,17,20H,3-4H2,1H3,(H,18,19)/t14-/m0/s1. The zero-order valence-corrected chi connectivity index (χ0v) is 11.4. The zero-order valence-electron chi connectivity index (χ0n) is 11.4. The average molecular weight is 308 g/mol. The third-order valence-electron chi connectivity index (χ3n) is 3.54. The normalized spacial score (nSPS) is 20.8. The third kappa shape index (κ3) is 2.00. The molecule has 0 saturated heterocycles. The Morgan fingerprint density at radius 3 is 2.68 bits per heavy atom. The van der Waals surface area contributed by atoms with Gasteiger partial charge < -0.3 is 29.6 Å². The Hall–Kier alpha value is -2.58. The van der Waals surface area contributed by atoms with Crippen molar-refractivity contribution in [1.29, 1.82) is 0 Å². The Morgan fingerprint density at radius 2 is 2.05 bits per heavy atom. The van der Waals surface area contributed by atoms with Gasteiger partial charge >= 0.3 is 5.97 Å². The fourth-order valence-electron chi connectivity index (χ4n) is 2.49. The van der Waals surface area contributed by atoms with Gasteiger partial charge in [0.2, 0.25) is 0 Å². The van der Waals surface area contributed by atoms with Crippen LogP contribution in [0, 0.1) is 0 Å². The minimum atomic E-state index is -1.57. The highest BCUT2D eigenvalue weighted by atomic mass is 16.6. The molecule has 1 aliphatic rings. The van der Waals surface area contributed by atoms with Gasteiger partial charge in [0.05, 0.1) is 24.0 Å². The maximum absolute atomic E-state index is 12.5. The molecule has 0 fully saturated rings. The maximum Gasteiger partial charge on any atom is 0.340 e. The van der Waals surface area contributed by atoms with Gasteiger partial charge in [0.25, 0.3) is 0 Å². The van der Waals surface area contributed by atoms with E-state index in [0.717, 1.165) is 6.07 Å². The molecule has 1 aromatic carbocycles. The predicted molar refractivity (Wildman–Crippen MR) is 71.9 cm³/mol. The number of phenols is 2. The number of phenolic OH excluding ortho intramolecular Hbond substituents is 1. The third-order valence-corrected chi connectivity index (χ3v) is 3.54. The van der Waals surface area contributed by atoms with Gasteiger partial charge in [0.1, 0.15) is 16.9 Å². The van der Waals surface area contributed by atoms with Crippen LogP contribution in [0.4, 0.5) is 0 Å². The Bertz CT molecular complexity index is 861. The summed E-state index contributed by atoms with van der Waals surface area (Å²) < 4.78 is 10.6. The molecule has 22 heavy (non-hydrogen) atoms. The molecule has 1 aromatic heterocycles. The molecule has 0 saturated carbocycles. The van der Waals surface area contributed by atoms with Crippen molar-refractivity contribution in [2.24, 2.45) is 0 Å². The number of aliphatic hydroxyl groups is 1. The first-order chi connectivity index (χ1) is 10.2. The van der Waals surface area contributed by atoms with E-state index in [-0.39, 0.29) is 35.3 Å². The molecule has 0 bridgehead atoms. The number of hydrogen-bond donors (Lipinski definition) is 4. The van der Waals surface area contributed by atoms with Crippen molar-refractivity contribution in [1.82, 2.24) is 0 Å². The molecule has 4 N–H and O–H groups in total. The Kier molecular flexibility index (Phi) is 2.91. The average Bonchev–Trinajstić information content (AvgIpc) is 2.39. The number of hydrogen-bond acceptors (Lipinski definition) is 7. The molecule has 116 valence electrons. The smallest absolute Gasteiger partial charge is 0.340 e. The predicted octanol–water partition coefficient (Wildman–Crippen LogP) is 0.684. The molecule has 8 heteroatoms. The first-order valence-electron chi connectivity index (χ1n) is 6.34. The summed E-state index contributed by atoms with van der Waals surface area (Å²) in [6.45, 7) is 1.15. The van der Waals surface area contributed by atoms with Crippen molar-refractivity contribution in [2.45, 2.75) is 25.7 Å². The van der Waals surface area contributed by atoms with Crippen LogP contribution in [0.2, 0.25) is 0 Å². The molecule has 0 amide bonds. The van der Waals surface area contributed by atoms with Gasteiger partial charge in [0.15, 0.2) is 22.7 Å². The van der Waals surface area contributed by atoms with E-state index in [1.54, 1.807) is 0 Å². The van der Waals surface area contributed by atoms with Crippen LogP contribution in [0.1, 0.15) is 28.6 Å². The summed E-state index contributed by atoms with van der Waals surface area (Å²) >= 11 is 0. The second kappa shape index (κ2) is 4.46. The minimum absolute atomic E-state index is 0.0756. The molecule has 0 radical (unpaired) electrons. The number of rotatable bonds is 1. The lowest BCUT2D eigenvalue weighted by Crippen LogP contribution is -2.37. The van der Waals surface area contributed by atoms with Crippen LogP contribution >= 0.6 is 0 Å². The second-order valence-electron chi connectivity index (χ2n) is 5.27. The molecule has 0 unspecified atom stereocenters. The summed E-state index contributed by atoms with van der Waals surface area (Å²) in [5.41, 5.74) is -1.52. The highest BCUT2D eigenvalue weighted by Crippen LogP contribution is 2.36. The Labute approximate surface area is 122 Å². The minimum Gasteiger partial charge on any atom is -0.504 e. The number of benzene rings is 1. The van der Waals surface area contributed by atoms with E-state index >= 15 is 0 Å². The molecule has 3 rings (SSSR count).